The fraction of sp³-hybridized carbons (Fsp3) is 0.750. The number of amides is 1. The average molecular weight is 249 g/mol. The summed E-state index contributed by atoms with van der Waals surface area (Å²) in [4.78, 5) is 20.4. The number of hydrogen-bond acceptors (Lipinski definition) is 4. The normalized spacial score (nSPS) is 28.1. The van der Waals surface area contributed by atoms with Gasteiger partial charge >= 0.3 is 6.03 Å². The molecule has 2 atom stereocenters. The van der Waals surface area contributed by atoms with Gasteiger partial charge in [0, 0.05) is 25.2 Å². The van der Waals surface area contributed by atoms with Crippen molar-refractivity contribution >= 4 is 6.03 Å². The summed E-state index contributed by atoms with van der Waals surface area (Å²) in [5.41, 5.74) is 0. The lowest BCUT2D eigenvalue weighted by Crippen LogP contribution is -2.41. The molecule has 2 aliphatic heterocycles. The van der Waals surface area contributed by atoms with E-state index in [0.29, 0.717) is 18.0 Å². The molecule has 98 valence electrons. The Hall–Kier alpha value is -1.43. The summed E-state index contributed by atoms with van der Waals surface area (Å²) in [7, 11) is 0. The molecule has 2 fully saturated rings. The molecule has 1 amide bonds. The number of nitrogens with zero attached hydrogens (tertiary/aromatic N) is 5. The zero-order valence-electron chi connectivity index (χ0n) is 10.9. The summed E-state index contributed by atoms with van der Waals surface area (Å²) in [5.74, 6) is 0.625. The van der Waals surface area contributed by atoms with Crippen LogP contribution >= 0.6 is 0 Å². The maximum absolute atomic E-state index is 12.2. The Labute approximate surface area is 107 Å². The molecule has 18 heavy (non-hydrogen) atoms. The van der Waals surface area contributed by atoms with Crippen molar-refractivity contribution < 1.29 is 4.79 Å². The van der Waals surface area contributed by atoms with Crippen LogP contribution in [-0.2, 0) is 0 Å². The van der Waals surface area contributed by atoms with Crippen molar-refractivity contribution in [3.8, 4) is 0 Å². The van der Waals surface area contributed by atoms with Crippen LogP contribution in [0.5, 0.6) is 0 Å². The van der Waals surface area contributed by atoms with Crippen molar-refractivity contribution in [1.82, 2.24) is 24.6 Å². The smallest absolute Gasteiger partial charge is 0.321 e. The van der Waals surface area contributed by atoms with Gasteiger partial charge in [0.25, 0.3) is 0 Å². The number of carbonyl (C=O) groups is 1. The van der Waals surface area contributed by atoms with E-state index in [4.69, 9.17) is 0 Å². The molecular formula is C12H19N5O. The molecule has 6 heteroatoms. The highest BCUT2D eigenvalue weighted by atomic mass is 16.2. The minimum atomic E-state index is -0.0504. The Morgan fingerprint density at radius 3 is 2.89 bits per heavy atom. The molecule has 2 aliphatic rings. The van der Waals surface area contributed by atoms with Gasteiger partial charge in [-0.2, -0.15) is 9.78 Å². The molecule has 3 rings (SSSR count). The van der Waals surface area contributed by atoms with Crippen LogP contribution < -0.4 is 0 Å². The van der Waals surface area contributed by atoms with Crippen LogP contribution in [-0.4, -0.2) is 62.3 Å². The van der Waals surface area contributed by atoms with Crippen molar-refractivity contribution in [3.63, 3.8) is 0 Å². The molecule has 0 radical (unpaired) electrons. The monoisotopic (exact) mass is 249 g/mol. The van der Waals surface area contributed by atoms with E-state index in [0.717, 1.165) is 13.1 Å². The predicted octanol–water partition coefficient (Wildman–Crippen LogP) is 0.661. The molecule has 0 aromatic carbocycles. The van der Waals surface area contributed by atoms with E-state index in [9.17, 15) is 4.79 Å². The molecule has 6 nitrogen and oxygen atoms in total. The first-order chi connectivity index (χ1) is 8.66. The molecule has 2 saturated heterocycles. The summed E-state index contributed by atoms with van der Waals surface area (Å²) < 4.78 is 1.32. The Balaban J connectivity index is 1.71. The van der Waals surface area contributed by atoms with E-state index >= 15 is 0 Å². The van der Waals surface area contributed by atoms with Crippen LogP contribution in [0.15, 0.2) is 12.7 Å². The number of carbonyl (C=O) groups excluding carboxylic acids is 1. The Kier molecular flexibility index (Phi) is 2.81. The van der Waals surface area contributed by atoms with Crippen LogP contribution in [0.4, 0.5) is 4.79 Å². The van der Waals surface area contributed by atoms with Gasteiger partial charge in [-0.1, -0.05) is 0 Å². The topological polar surface area (TPSA) is 54.3 Å². The van der Waals surface area contributed by atoms with Gasteiger partial charge in [-0.3, -0.25) is 4.90 Å². The van der Waals surface area contributed by atoms with Gasteiger partial charge in [-0.05, 0) is 32.7 Å². The van der Waals surface area contributed by atoms with E-state index < -0.39 is 0 Å². The number of hydrogen-bond donors (Lipinski definition) is 0. The molecule has 0 aliphatic carbocycles. The van der Waals surface area contributed by atoms with Gasteiger partial charge in [0.05, 0.1) is 0 Å². The second-order valence-electron chi connectivity index (χ2n) is 5.48. The molecule has 0 bridgehead atoms. The predicted molar refractivity (Wildman–Crippen MR) is 66.1 cm³/mol. The summed E-state index contributed by atoms with van der Waals surface area (Å²) in [6.45, 7) is 7.29. The van der Waals surface area contributed by atoms with Crippen molar-refractivity contribution in [2.45, 2.75) is 32.4 Å². The lowest BCUT2D eigenvalue weighted by atomic mass is 10.0. The van der Waals surface area contributed by atoms with Gasteiger partial charge < -0.3 is 4.90 Å². The zero-order valence-corrected chi connectivity index (χ0v) is 10.9. The highest BCUT2D eigenvalue weighted by Crippen LogP contribution is 2.32. The maximum atomic E-state index is 12.2. The summed E-state index contributed by atoms with van der Waals surface area (Å²) >= 11 is 0. The molecule has 0 spiro atoms. The van der Waals surface area contributed by atoms with Crippen molar-refractivity contribution in [1.29, 1.82) is 0 Å². The average Bonchev–Trinajstić information content (AvgIpc) is 3.03. The molecule has 0 saturated carbocycles. The lowest BCUT2D eigenvalue weighted by molar-refractivity contribution is 0.178. The SMILES string of the molecule is CC(C)N1CCC2CN(C(=O)n3cncn3)CC21. The second-order valence-corrected chi connectivity index (χ2v) is 5.48. The van der Waals surface area contributed by atoms with Gasteiger partial charge in [-0.15, -0.1) is 0 Å². The Morgan fingerprint density at radius 2 is 2.22 bits per heavy atom. The molecule has 2 unspecified atom stereocenters. The van der Waals surface area contributed by atoms with E-state index in [2.05, 4.69) is 28.8 Å². The largest absolute Gasteiger partial charge is 0.346 e. The first-order valence-corrected chi connectivity index (χ1v) is 6.56. The highest BCUT2D eigenvalue weighted by molar-refractivity contribution is 5.76. The minimum absolute atomic E-state index is 0.0504. The zero-order chi connectivity index (χ0) is 12.7. The molecular weight excluding hydrogens is 230 g/mol. The van der Waals surface area contributed by atoms with Crippen molar-refractivity contribution in [2.24, 2.45) is 5.92 Å². The third-order valence-electron chi connectivity index (χ3n) is 4.14. The van der Waals surface area contributed by atoms with Crippen molar-refractivity contribution in [3.05, 3.63) is 12.7 Å². The summed E-state index contributed by atoms with van der Waals surface area (Å²) in [6, 6.07) is 1.03. The Morgan fingerprint density at radius 1 is 1.39 bits per heavy atom. The first-order valence-electron chi connectivity index (χ1n) is 6.56. The third-order valence-corrected chi connectivity index (χ3v) is 4.14. The standard InChI is InChI=1S/C12H19N5O/c1-9(2)16-4-3-10-5-15(6-11(10)16)12(18)17-8-13-7-14-17/h7-11H,3-6H2,1-2H3. The minimum Gasteiger partial charge on any atom is -0.321 e. The van der Waals surface area contributed by atoms with E-state index in [1.807, 2.05) is 4.90 Å². The number of rotatable bonds is 1. The van der Waals surface area contributed by atoms with Gasteiger partial charge in [0.2, 0.25) is 0 Å². The van der Waals surface area contributed by atoms with E-state index in [1.54, 1.807) is 0 Å². The molecule has 0 N–H and O–H groups in total. The fourth-order valence-electron chi connectivity index (χ4n) is 3.24. The highest BCUT2D eigenvalue weighted by Gasteiger charge is 2.43. The van der Waals surface area contributed by atoms with E-state index in [1.165, 1.54) is 30.3 Å². The Bertz CT molecular complexity index is 430. The summed E-state index contributed by atoms with van der Waals surface area (Å²) in [6.07, 6.45) is 4.07. The van der Waals surface area contributed by atoms with Gasteiger partial charge in [0.15, 0.2) is 0 Å². The number of likely N-dealkylation sites (tertiary alicyclic amines) is 2. The third kappa shape index (κ3) is 1.80. The summed E-state index contributed by atoms with van der Waals surface area (Å²) in [5, 5.41) is 3.91. The molecule has 1 aromatic rings. The molecule has 1 aromatic heterocycles. The second kappa shape index (κ2) is 4.35. The first kappa shape index (κ1) is 11.6. The molecule has 3 heterocycles. The van der Waals surface area contributed by atoms with Crippen LogP contribution in [0.3, 0.4) is 0 Å². The number of aromatic nitrogens is 3. The maximum Gasteiger partial charge on any atom is 0.346 e. The fourth-order valence-corrected chi connectivity index (χ4v) is 3.24. The lowest BCUT2D eigenvalue weighted by Gasteiger charge is -2.28. The van der Waals surface area contributed by atoms with Crippen LogP contribution in [0, 0.1) is 5.92 Å². The van der Waals surface area contributed by atoms with Gasteiger partial charge in [-0.25, -0.2) is 9.78 Å². The van der Waals surface area contributed by atoms with Crippen LogP contribution in [0.1, 0.15) is 20.3 Å². The van der Waals surface area contributed by atoms with E-state index in [-0.39, 0.29) is 6.03 Å². The quantitative estimate of drug-likeness (QED) is 0.733. The van der Waals surface area contributed by atoms with Crippen LogP contribution in [0.25, 0.3) is 0 Å². The number of fused-ring (bicyclic) bond motifs is 1. The van der Waals surface area contributed by atoms with Crippen molar-refractivity contribution in [2.75, 3.05) is 19.6 Å². The van der Waals surface area contributed by atoms with Crippen LogP contribution in [0.2, 0.25) is 0 Å². The van der Waals surface area contributed by atoms with Gasteiger partial charge in [0.1, 0.15) is 12.7 Å².